The van der Waals surface area contributed by atoms with E-state index in [-0.39, 0.29) is 18.2 Å². The van der Waals surface area contributed by atoms with Gasteiger partial charge in [-0.3, -0.25) is 9.59 Å². The molecule has 2 aromatic rings. The van der Waals surface area contributed by atoms with Gasteiger partial charge in [-0.1, -0.05) is 18.2 Å². The summed E-state index contributed by atoms with van der Waals surface area (Å²) in [5.41, 5.74) is -0.582. The van der Waals surface area contributed by atoms with Gasteiger partial charge >= 0.3 is 0 Å². The van der Waals surface area contributed by atoms with Crippen LogP contribution in [0.15, 0.2) is 36.4 Å². The van der Waals surface area contributed by atoms with Gasteiger partial charge in [0.2, 0.25) is 0 Å². The molecular formula is C18H19NO3S. The molecule has 4 nitrogen and oxygen atoms in total. The molecule has 0 saturated carbocycles. The number of Topliss-reactive ketones (excluding diaryl/α,β-unsaturated/α-hetero) is 1. The molecule has 3 rings (SSSR count). The van der Waals surface area contributed by atoms with Crippen LogP contribution >= 0.6 is 11.3 Å². The summed E-state index contributed by atoms with van der Waals surface area (Å²) in [5, 5.41) is 11.1. The van der Waals surface area contributed by atoms with Crippen LogP contribution in [0.5, 0.6) is 0 Å². The standard InChI is InChI=1S/C18H19NO3S/c1-11(2)19-14-7-5-4-6-13(14)18(22,17(19)21)10-15(20)16-9-8-12(3)23-16/h4-9,11,22H,10H2,1-3H3. The van der Waals surface area contributed by atoms with Gasteiger partial charge in [-0.05, 0) is 39.0 Å². The molecule has 5 heteroatoms. The molecule has 0 fully saturated rings. The topological polar surface area (TPSA) is 57.6 Å². The maximum absolute atomic E-state index is 12.8. The molecule has 0 bridgehead atoms. The number of ketones is 1. The van der Waals surface area contributed by atoms with Crippen LogP contribution in [0.25, 0.3) is 0 Å². The first-order chi connectivity index (χ1) is 10.8. The second kappa shape index (κ2) is 5.58. The van der Waals surface area contributed by atoms with Crippen LogP contribution in [0, 0.1) is 6.92 Å². The fourth-order valence-electron chi connectivity index (χ4n) is 3.04. The number of amides is 1. The highest BCUT2D eigenvalue weighted by Crippen LogP contribution is 2.43. The second-order valence-corrected chi connectivity index (χ2v) is 7.44. The van der Waals surface area contributed by atoms with Crippen LogP contribution in [0.4, 0.5) is 5.69 Å². The molecule has 1 aromatic heterocycles. The van der Waals surface area contributed by atoms with E-state index in [1.54, 1.807) is 23.1 Å². The predicted octanol–water partition coefficient (Wildman–Crippen LogP) is 3.27. The minimum absolute atomic E-state index is 0.0863. The van der Waals surface area contributed by atoms with Crippen molar-refractivity contribution in [3.8, 4) is 0 Å². The lowest BCUT2D eigenvalue weighted by Gasteiger charge is -2.25. The van der Waals surface area contributed by atoms with E-state index in [0.717, 1.165) is 4.88 Å². The normalized spacial score (nSPS) is 20.2. The van der Waals surface area contributed by atoms with Gasteiger partial charge in [-0.2, -0.15) is 0 Å². The number of aliphatic hydroxyl groups is 1. The number of carbonyl (C=O) groups excluding carboxylic acids is 2. The number of fused-ring (bicyclic) bond motifs is 1. The second-order valence-electron chi connectivity index (χ2n) is 6.16. The molecule has 2 heterocycles. The molecule has 1 atom stereocenters. The Morgan fingerprint density at radius 2 is 1.96 bits per heavy atom. The minimum Gasteiger partial charge on any atom is -0.375 e. The van der Waals surface area contributed by atoms with Crippen molar-refractivity contribution in [3.63, 3.8) is 0 Å². The molecule has 0 radical (unpaired) electrons. The SMILES string of the molecule is Cc1ccc(C(=O)CC2(O)C(=O)N(C(C)C)c3ccccc32)s1. The molecule has 120 valence electrons. The number of thiophene rings is 1. The Bertz CT molecular complexity index is 780. The number of aryl methyl sites for hydroxylation is 1. The third-order valence-electron chi connectivity index (χ3n) is 4.13. The number of nitrogens with zero attached hydrogens (tertiary/aromatic N) is 1. The summed E-state index contributed by atoms with van der Waals surface area (Å²) in [4.78, 5) is 28.5. The zero-order chi connectivity index (χ0) is 16.8. The Hall–Kier alpha value is -1.98. The van der Waals surface area contributed by atoms with Crippen LogP contribution in [0.1, 0.15) is 40.4 Å². The van der Waals surface area contributed by atoms with E-state index in [1.807, 2.05) is 39.0 Å². The summed E-state index contributed by atoms with van der Waals surface area (Å²) in [5.74, 6) is -0.630. The summed E-state index contributed by atoms with van der Waals surface area (Å²) >= 11 is 1.38. The van der Waals surface area contributed by atoms with Gasteiger partial charge < -0.3 is 10.0 Å². The van der Waals surface area contributed by atoms with Crippen molar-refractivity contribution >= 4 is 28.7 Å². The number of rotatable bonds is 4. The predicted molar refractivity (Wildman–Crippen MR) is 91.0 cm³/mol. The average molecular weight is 329 g/mol. The largest absolute Gasteiger partial charge is 0.375 e. The first-order valence-electron chi connectivity index (χ1n) is 7.60. The Kier molecular flexibility index (Phi) is 3.86. The molecular weight excluding hydrogens is 310 g/mol. The lowest BCUT2D eigenvalue weighted by molar-refractivity contribution is -0.136. The number of anilines is 1. The van der Waals surface area contributed by atoms with Gasteiger partial charge in [-0.15, -0.1) is 11.3 Å². The summed E-state index contributed by atoms with van der Waals surface area (Å²) in [6.45, 7) is 5.71. The molecule has 1 aliphatic heterocycles. The van der Waals surface area contributed by atoms with E-state index in [0.29, 0.717) is 16.1 Å². The van der Waals surface area contributed by atoms with Crippen molar-refractivity contribution in [2.75, 3.05) is 4.90 Å². The molecule has 0 saturated heterocycles. The number of carbonyl (C=O) groups is 2. The zero-order valence-electron chi connectivity index (χ0n) is 13.4. The molecule has 1 amide bonds. The first-order valence-corrected chi connectivity index (χ1v) is 8.41. The Balaban J connectivity index is 2.00. The highest BCUT2D eigenvalue weighted by Gasteiger charge is 2.51. The van der Waals surface area contributed by atoms with E-state index in [2.05, 4.69) is 0 Å². The quantitative estimate of drug-likeness (QED) is 0.876. The van der Waals surface area contributed by atoms with Crippen LogP contribution < -0.4 is 4.90 Å². The van der Waals surface area contributed by atoms with Gasteiger partial charge in [0.05, 0.1) is 17.0 Å². The number of hydrogen-bond acceptors (Lipinski definition) is 4. The average Bonchev–Trinajstić information content (AvgIpc) is 3.01. The molecule has 1 N–H and O–H groups in total. The third-order valence-corrected chi connectivity index (χ3v) is 5.17. The molecule has 1 aliphatic rings. The fourth-order valence-corrected chi connectivity index (χ4v) is 3.85. The Morgan fingerprint density at radius 3 is 2.57 bits per heavy atom. The fraction of sp³-hybridized carbons (Fsp3) is 0.333. The maximum Gasteiger partial charge on any atom is 0.264 e. The number of benzene rings is 1. The van der Waals surface area contributed by atoms with Crippen LogP contribution in [-0.4, -0.2) is 22.8 Å². The van der Waals surface area contributed by atoms with E-state index >= 15 is 0 Å². The van der Waals surface area contributed by atoms with Gasteiger partial charge in [0.15, 0.2) is 11.4 Å². The molecule has 0 spiro atoms. The molecule has 0 aliphatic carbocycles. The van der Waals surface area contributed by atoms with E-state index in [9.17, 15) is 14.7 Å². The first kappa shape index (κ1) is 15.9. The summed E-state index contributed by atoms with van der Waals surface area (Å²) in [6, 6.07) is 10.7. The van der Waals surface area contributed by atoms with Crippen LogP contribution in [0.2, 0.25) is 0 Å². The summed E-state index contributed by atoms with van der Waals surface area (Å²) in [6.07, 6.45) is -0.230. The van der Waals surface area contributed by atoms with E-state index in [4.69, 9.17) is 0 Å². The highest BCUT2D eigenvalue weighted by molar-refractivity contribution is 7.14. The smallest absolute Gasteiger partial charge is 0.264 e. The highest BCUT2D eigenvalue weighted by atomic mass is 32.1. The van der Waals surface area contributed by atoms with Gasteiger partial charge in [0.1, 0.15) is 0 Å². The van der Waals surface area contributed by atoms with Crippen LogP contribution in [0.3, 0.4) is 0 Å². The van der Waals surface area contributed by atoms with Crippen molar-refractivity contribution < 1.29 is 14.7 Å². The molecule has 1 unspecified atom stereocenters. The monoisotopic (exact) mass is 329 g/mol. The van der Waals surface area contributed by atoms with Crippen LogP contribution in [-0.2, 0) is 10.4 Å². The van der Waals surface area contributed by atoms with Crippen molar-refractivity contribution in [3.05, 3.63) is 51.7 Å². The lowest BCUT2D eigenvalue weighted by Crippen LogP contribution is -2.44. The Labute approximate surface area is 139 Å². The van der Waals surface area contributed by atoms with Crippen molar-refractivity contribution in [1.29, 1.82) is 0 Å². The van der Waals surface area contributed by atoms with E-state index < -0.39 is 11.5 Å². The van der Waals surface area contributed by atoms with Crippen molar-refractivity contribution in [2.24, 2.45) is 0 Å². The van der Waals surface area contributed by atoms with Gasteiger partial charge in [-0.25, -0.2) is 0 Å². The Morgan fingerprint density at radius 1 is 1.26 bits per heavy atom. The minimum atomic E-state index is -1.78. The van der Waals surface area contributed by atoms with Gasteiger partial charge in [0, 0.05) is 16.5 Å². The number of para-hydroxylation sites is 1. The summed E-state index contributed by atoms with van der Waals surface area (Å²) < 4.78 is 0. The maximum atomic E-state index is 12.8. The molecule has 23 heavy (non-hydrogen) atoms. The van der Waals surface area contributed by atoms with Gasteiger partial charge in [0.25, 0.3) is 5.91 Å². The lowest BCUT2D eigenvalue weighted by atomic mass is 9.89. The van der Waals surface area contributed by atoms with Crippen molar-refractivity contribution in [1.82, 2.24) is 0 Å². The van der Waals surface area contributed by atoms with Crippen molar-refractivity contribution in [2.45, 2.75) is 38.8 Å². The molecule has 1 aromatic carbocycles. The van der Waals surface area contributed by atoms with E-state index in [1.165, 1.54) is 11.3 Å². The zero-order valence-corrected chi connectivity index (χ0v) is 14.2. The summed E-state index contributed by atoms with van der Waals surface area (Å²) in [7, 11) is 0. The third kappa shape index (κ3) is 2.50. The number of hydrogen-bond donors (Lipinski definition) is 1.